The molecule has 1 aromatic rings. The number of rotatable bonds is 6. The van der Waals surface area contributed by atoms with Gasteiger partial charge in [-0.15, -0.1) is 0 Å². The van der Waals surface area contributed by atoms with Gasteiger partial charge in [0.15, 0.2) is 12.7 Å². The van der Waals surface area contributed by atoms with Crippen LogP contribution in [0.25, 0.3) is 0 Å². The van der Waals surface area contributed by atoms with Crippen molar-refractivity contribution in [1.29, 1.82) is 0 Å². The average Bonchev–Trinajstić information content (AvgIpc) is 2.57. The summed E-state index contributed by atoms with van der Waals surface area (Å²) >= 11 is 5.79. The van der Waals surface area contributed by atoms with E-state index in [4.69, 9.17) is 21.1 Å². The van der Waals surface area contributed by atoms with Gasteiger partial charge in [0.25, 0.3) is 5.91 Å². The van der Waals surface area contributed by atoms with Crippen LogP contribution in [0.3, 0.4) is 0 Å². The quantitative estimate of drug-likeness (QED) is 0.796. The van der Waals surface area contributed by atoms with Gasteiger partial charge in [0.05, 0.1) is 0 Å². The van der Waals surface area contributed by atoms with Crippen molar-refractivity contribution < 1.29 is 19.1 Å². The molecule has 1 aliphatic carbocycles. The lowest BCUT2D eigenvalue weighted by atomic mass is 9.86. The lowest BCUT2D eigenvalue weighted by molar-refractivity contribution is -0.155. The van der Waals surface area contributed by atoms with Crippen LogP contribution in [0.5, 0.6) is 5.75 Å². The molecule has 0 radical (unpaired) electrons. The zero-order valence-corrected chi connectivity index (χ0v) is 14.8. The van der Waals surface area contributed by atoms with Crippen molar-refractivity contribution in [1.82, 2.24) is 5.32 Å². The lowest BCUT2D eigenvalue weighted by Crippen LogP contribution is -2.43. The van der Waals surface area contributed by atoms with Crippen LogP contribution in [-0.2, 0) is 14.3 Å². The van der Waals surface area contributed by atoms with Crippen LogP contribution < -0.4 is 10.1 Å². The van der Waals surface area contributed by atoms with E-state index in [9.17, 15) is 9.59 Å². The molecule has 0 aromatic heterocycles. The standard InChI is InChI=1S/C18H24ClNO4/c1-12-5-3-4-6-16(12)20-17(21)11-23-18(22)13(2)24-15-9-7-14(19)8-10-15/h7-10,12-13,16H,3-6,11H2,1-2H3,(H,20,21)/t12-,13+,16+/m0/s1. The molecule has 24 heavy (non-hydrogen) atoms. The van der Waals surface area contributed by atoms with Crippen LogP contribution >= 0.6 is 11.6 Å². The Balaban J connectivity index is 1.73. The van der Waals surface area contributed by atoms with Gasteiger partial charge in [0, 0.05) is 11.1 Å². The summed E-state index contributed by atoms with van der Waals surface area (Å²) in [5.41, 5.74) is 0. The second kappa shape index (κ2) is 8.92. The normalized spacial score (nSPS) is 21.6. The molecule has 0 aliphatic heterocycles. The van der Waals surface area contributed by atoms with Gasteiger partial charge in [0.2, 0.25) is 0 Å². The molecule has 6 heteroatoms. The van der Waals surface area contributed by atoms with Crippen molar-refractivity contribution in [2.75, 3.05) is 6.61 Å². The fourth-order valence-corrected chi connectivity index (χ4v) is 2.92. The maximum Gasteiger partial charge on any atom is 0.347 e. The van der Waals surface area contributed by atoms with Crippen LogP contribution in [0, 0.1) is 5.92 Å². The second-order valence-electron chi connectivity index (χ2n) is 6.26. The van der Waals surface area contributed by atoms with E-state index in [1.165, 1.54) is 6.42 Å². The number of halogens is 1. The molecule has 1 fully saturated rings. The Morgan fingerprint density at radius 1 is 1.25 bits per heavy atom. The van der Waals surface area contributed by atoms with E-state index in [0.717, 1.165) is 19.3 Å². The van der Waals surface area contributed by atoms with Gasteiger partial charge in [-0.1, -0.05) is 31.4 Å². The number of nitrogens with one attached hydrogen (secondary N) is 1. The first-order valence-corrected chi connectivity index (χ1v) is 8.71. The third-order valence-corrected chi connectivity index (χ3v) is 4.51. The van der Waals surface area contributed by atoms with E-state index in [0.29, 0.717) is 16.7 Å². The summed E-state index contributed by atoms with van der Waals surface area (Å²) in [6, 6.07) is 6.86. The SMILES string of the molecule is C[C@@H](Oc1ccc(Cl)cc1)C(=O)OCC(=O)N[C@@H]1CCCC[C@@H]1C. The first-order chi connectivity index (χ1) is 11.5. The highest BCUT2D eigenvalue weighted by Crippen LogP contribution is 2.23. The molecular weight excluding hydrogens is 330 g/mol. The zero-order valence-electron chi connectivity index (χ0n) is 14.1. The van der Waals surface area contributed by atoms with Crippen LogP contribution in [0.15, 0.2) is 24.3 Å². The summed E-state index contributed by atoms with van der Waals surface area (Å²) in [4.78, 5) is 23.9. The Labute approximate surface area is 147 Å². The molecular formula is C18H24ClNO4. The summed E-state index contributed by atoms with van der Waals surface area (Å²) in [5.74, 6) is 0.146. The first-order valence-electron chi connectivity index (χ1n) is 8.34. The Bertz CT molecular complexity index is 561. The number of hydrogen-bond acceptors (Lipinski definition) is 4. The number of hydrogen-bond donors (Lipinski definition) is 1. The number of carbonyl (C=O) groups excluding carboxylic acids is 2. The molecule has 0 saturated heterocycles. The Kier molecular flexibility index (Phi) is 6.91. The summed E-state index contributed by atoms with van der Waals surface area (Å²) < 4.78 is 10.5. The number of ether oxygens (including phenoxy) is 2. The van der Waals surface area contributed by atoms with Crippen LogP contribution in [-0.4, -0.2) is 30.6 Å². The molecule has 2 rings (SSSR count). The third-order valence-electron chi connectivity index (χ3n) is 4.26. The monoisotopic (exact) mass is 353 g/mol. The maximum absolute atomic E-state index is 11.9. The fraction of sp³-hybridized carbons (Fsp3) is 0.556. The molecule has 132 valence electrons. The van der Waals surface area contributed by atoms with Crippen LogP contribution in [0.4, 0.5) is 0 Å². The third kappa shape index (κ3) is 5.71. The highest BCUT2D eigenvalue weighted by Gasteiger charge is 2.24. The Morgan fingerprint density at radius 2 is 1.92 bits per heavy atom. The van der Waals surface area contributed by atoms with Crippen LogP contribution in [0.1, 0.15) is 39.5 Å². The molecule has 1 N–H and O–H groups in total. The van der Waals surface area contributed by atoms with Crippen molar-refractivity contribution in [2.45, 2.75) is 51.7 Å². The van der Waals surface area contributed by atoms with E-state index in [2.05, 4.69) is 12.2 Å². The lowest BCUT2D eigenvalue weighted by Gasteiger charge is -2.29. The molecule has 0 heterocycles. The number of carbonyl (C=O) groups is 2. The van der Waals surface area contributed by atoms with Gasteiger partial charge < -0.3 is 14.8 Å². The van der Waals surface area contributed by atoms with Gasteiger partial charge in [-0.05, 0) is 49.9 Å². The van der Waals surface area contributed by atoms with E-state index < -0.39 is 12.1 Å². The minimum atomic E-state index is -0.799. The summed E-state index contributed by atoms with van der Waals surface area (Å²) in [5, 5.41) is 3.54. The highest BCUT2D eigenvalue weighted by atomic mass is 35.5. The Morgan fingerprint density at radius 3 is 2.58 bits per heavy atom. The fourth-order valence-electron chi connectivity index (χ4n) is 2.80. The number of esters is 1. The van der Waals surface area contributed by atoms with E-state index >= 15 is 0 Å². The van der Waals surface area contributed by atoms with Gasteiger partial charge >= 0.3 is 5.97 Å². The maximum atomic E-state index is 11.9. The molecule has 1 saturated carbocycles. The van der Waals surface area contributed by atoms with Crippen molar-refractivity contribution in [3.8, 4) is 5.75 Å². The minimum Gasteiger partial charge on any atom is -0.479 e. The molecule has 5 nitrogen and oxygen atoms in total. The van der Waals surface area contributed by atoms with Crippen LogP contribution in [0.2, 0.25) is 5.02 Å². The highest BCUT2D eigenvalue weighted by molar-refractivity contribution is 6.30. The topological polar surface area (TPSA) is 64.6 Å². The average molecular weight is 354 g/mol. The zero-order chi connectivity index (χ0) is 17.5. The van der Waals surface area contributed by atoms with E-state index in [-0.39, 0.29) is 18.6 Å². The summed E-state index contributed by atoms with van der Waals surface area (Å²) in [6.07, 6.45) is 3.64. The molecule has 0 bridgehead atoms. The molecule has 1 aliphatic rings. The number of benzene rings is 1. The largest absolute Gasteiger partial charge is 0.479 e. The minimum absolute atomic E-state index is 0.174. The molecule has 0 spiro atoms. The summed E-state index contributed by atoms with van der Waals surface area (Å²) in [7, 11) is 0. The molecule has 3 atom stereocenters. The van der Waals surface area contributed by atoms with Gasteiger partial charge in [-0.25, -0.2) is 4.79 Å². The van der Waals surface area contributed by atoms with E-state index in [1.54, 1.807) is 31.2 Å². The first kappa shape index (κ1) is 18.6. The number of amides is 1. The van der Waals surface area contributed by atoms with Crippen molar-refractivity contribution in [2.24, 2.45) is 5.92 Å². The summed E-state index contributed by atoms with van der Waals surface area (Å²) in [6.45, 7) is 3.44. The second-order valence-corrected chi connectivity index (χ2v) is 6.69. The van der Waals surface area contributed by atoms with Gasteiger partial charge in [-0.2, -0.15) is 0 Å². The molecule has 1 amide bonds. The predicted octanol–water partition coefficient (Wildman–Crippen LogP) is 3.35. The van der Waals surface area contributed by atoms with Crippen molar-refractivity contribution in [3.63, 3.8) is 0 Å². The van der Waals surface area contributed by atoms with Gasteiger partial charge in [0.1, 0.15) is 5.75 Å². The Hall–Kier alpha value is -1.75. The van der Waals surface area contributed by atoms with Crippen molar-refractivity contribution in [3.05, 3.63) is 29.3 Å². The van der Waals surface area contributed by atoms with Crippen molar-refractivity contribution >= 4 is 23.5 Å². The van der Waals surface area contributed by atoms with E-state index in [1.807, 2.05) is 0 Å². The van der Waals surface area contributed by atoms with Gasteiger partial charge in [-0.3, -0.25) is 4.79 Å². The smallest absolute Gasteiger partial charge is 0.347 e. The molecule has 0 unspecified atom stereocenters. The predicted molar refractivity (Wildman–Crippen MR) is 92.1 cm³/mol. The molecule has 1 aromatic carbocycles.